The Hall–Kier alpha value is -1.40. The maximum atomic E-state index is 4.49. The summed E-state index contributed by atoms with van der Waals surface area (Å²) >= 11 is 1.71. The van der Waals surface area contributed by atoms with Crippen molar-refractivity contribution in [1.82, 2.24) is 20.1 Å². The van der Waals surface area contributed by atoms with Gasteiger partial charge in [-0.1, -0.05) is 0 Å². The van der Waals surface area contributed by atoms with E-state index in [9.17, 15) is 0 Å². The van der Waals surface area contributed by atoms with Crippen LogP contribution in [0.1, 0.15) is 16.4 Å². The SMILES string of the molecule is Cc1cc2n(n1)C[C@H](CNCc1csc(C)n1)CN2. The molecule has 102 valence electrons. The van der Waals surface area contributed by atoms with Crippen LogP contribution in [0.4, 0.5) is 5.82 Å². The number of hydrogen-bond donors (Lipinski definition) is 2. The van der Waals surface area contributed by atoms with Gasteiger partial charge in [-0.2, -0.15) is 5.10 Å². The number of aromatic nitrogens is 3. The summed E-state index contributed by atoms with van der Waals surface area (Å²) in [5, 5.41) is 14.7. The van der Waals surface area contributed by atoms with Crippen LogP contribution in [0.15, 0.2) is 11.4 Å². The maximum absolute atomic E-state index is 4.49. The first-order valence-corrected chi connectivity index (χ1v) is 7.49. The molecular weight excluding hydrogens is 258 g/mol. The van der Waals surface area contributed by atoms with Crippen molar-refractivity contribution in [3.63, 3.8) is 0 Å². The molecular formula is C13H19N5S. The summed E-state index contributed by atoms with van der Waals surface area (Å²) in [7, 11) is 0. The van der Waals surface area contributed by atoms with Gasteiger partial charge < -0.3 is 10.6 Å². The Bertz CT molecular complexity index is 559. The third-order valence-corrected chi connectivity index (χ3v) is 4.13. The summed E-state index contributed by atoms with van der Waals surface area (Å²) in [6.07, 6.45) is 0. The summed E-state index contributed by atoms with van der Waals surface area (Å²) in [6, 6.07) is 2.10. The normalized spacial score (nSPS) is 18.1. The number of thiazole rings is 1. The topological polar surface area (TPSA) is 54.8 Å². The molecule has 2 N–H and O–H groups in total. The highest BCUT2D eigenvalue weighted by atomic mass is 32.1. The number of nitrogens with one attached hydrogen (secondary N) is 2. The molecule has 0 radical (unpaired) electrons. The van der Waals surface area contributed by atoms with Gasteiger partial charge in [0.2, 0.25) is 0 Å². The zero-order chi connectivity index (χ0) is 13.2. The van der Waals surface area contributed by atoms with E-state index in [1.54, 1.807) is 11.3 Å². The predicted octanol–water partition coefficient (Wildman–Crippen LogP) is 1.79. The molecule has 0 saturated heterocycles. The van der Waals surface area contributed by atoms with Gasteiger partial charge in [-0.25, -0.2) is 9.67 Å². The van der Waals surface area contributed by atoms with E-state index in [1.807, 2.05) is 13.8 Å². The predicted molar refractivity (Wildman–Crippen MR) is 77.5 cm³/mol. The summed E-state index contributed by atoms with van der Waals surface area (Å²) in [5.74, 6) is 1.72. The Morgan fingerprint density at radius 2 is 2.42 bits per heavy atom. The lowest BCUT2D eigenvalue weighted by Crippen LogP contribution is -2.35. The molecule has 0 fully saturated rings. The minimum Gasteiger partial charge on any atom is -0.370 e. The van der Waals surface area contributed by atoms with Gasteiger partial charge in [0.25, 0.3) is 0 Å². The van der Waals surface area contributed by atoms with Crippen LogP contribution < -0.4 is 10.6 Å². The van der Waals surface area contributed by atoms with E-state index in [4.69, 9.17) is 0 Å². The molecule has 1 aliphatic heterocycles. The number of fused-ring (bicyclic) bond motifs is 1. The number of rotatable bonds is 4. The third-order valence-electron chi connectivity index (χ3n) is 3.31. The Morgan fingerprint density at radius 1 is 1.53 bits per heavy atom. The number of nitrogens with zero attached hydrogens (tertiary/aromatic N) is 3. The Kier molecular flexibility index (Phi) is 3.52. The van der Waals surface area contributed by atoms with Gasteiger partial charge >= 0.3 is 0 Å². The van der Waals surface area contributed by atoms with Crippen molar-refractivity contribution in [3.05, 3.63) is 27.8 Å². The van der Waals surface area contributed by atoms with Crippen molar-refractivity contribution < 1.29 is 0 Å². The van der Waals surface area contributed by atoms with Gasteiger partial charge in [-0.3, -0.25) is 0 Å². The molecule has 2 aromatic heterocycles. The Morgan fingerprint density at radius 3 is 3.21 bits per heavy atom. The molecule has 0 spiro atoms. The fourth-order valence-corrected chi connectivity index (χ4v) is 3.03. The van der Waals surface area contributed by atoms with Crippen LogP contribution in [0, 0.1) is 19.8 Å². The lowest BCUT2D eigenvalue weighted by atomic mass is 10.1. The van der Waals surface area contributed by atoms with E-state index >= 15 is 0 Å². The minimum atomic E-state index is 0.575. The average Bonchev–Trinajstić information content (AvgIpc) is 2.94. The number of hydrogen-bond acceptors (Lipinski definition) is 5. The molecule has 1 aliphatic rings. The van der Waals surface area contributed by atoms with E-state index in [1.165, 1.54) is 0 Å². The van der Waals surface area contributed by atoms with Crippen molar-refractivity contribution in [3.8, 4) is 0 Å². The molecule has 0 aromatic carbocycles. The van der Waals surface area contributed by atoms with Gasteiger partial charge in [0, 0.05) is 43.5 Å². The largest absolute Gasteiger partial charge is 0.370 e. The van der Waals surface area contributed by atoms with E-state index in [0.717, 1.165) is 48.4 Å². The van der Waals surface area contributed by atoms with Crippen LogP contribution in [-0.2, 0) is 13.1 Å². The Labute approximate surface area is 117 Å². The number of aryl methyl sites for hydroxylation is 2. The van der Waals surface area contributed by atoms with Crippen LogP contribution in [0.3, 0.4) is 0 Å². The van der Waals surface area contributed by atoms with Gasteiger partial charge in [0.05, 0.1) is 16.4 Å². The molecule has 0 amide bonds. The average molecular weight is 277 g/mol. The highest BCUT2D eigenvalue weighted by molar-refractivity contribution is 7.09. The van der Waals surface area contributed by atoms with E-state index < -0.39 is 0 Å². The molecule has 2 aromatic rings. The van der Waals surface area contributed by atoms with Gasteiger partial charge in [0.15, 0.2) is 0 Å². The molecule has 0 aliphatic carbocycles. The molecule has 19 heavy (non-hydrogen) atoms. The zero-order valence-corrected chi connectivity index (χ0v) is 12.1. The van der Waals surface area contributed by atoms with Crippen LogP contribution in [0.2, 0.25) is 0 Å². The van der Waals surface area contributed by atoms with Crippen molar-refractivity contribution in [2.24, 2.45) is 5.92 Å². The summed E-state index contributed by atoms with van der Waals surface area (Å²) in [4.78, 5) is 4.46. The molecule has 3 heterocycles. The van der Waals surface area contributed by atoms with E-state index in [2.05, 4.69) is 36.8 Å². The first-order valence-electron chi connectivity index (χ1n) is 6.61. The van der Waals surface area contributed by atoms with Gasteiger partial charge in [-0.15, -0.1) is 11.3 Å². The van der Waals surface area contributed by atoms with Crippen molar-refractivity contribution >= 4 is 17.2 Å². The second kappa shape index (κ2) is 5.30. The Balaban J connectivity index is 1.49. The highest BCUT2D eigenvalue weighted by Crippen LogP contribution is 2.18. The van der Waals surface area contributed by atoms with E-state index in [-0.39, 0.29) is 0 Å². The highest BCUT2D eigenvalue weighted by Gasteiger charge is 2.18. The molecule has 1 atom stereocenters. The smallest absolute Gasteiger partial charge is 0.124 e. The van der Waals surface area contributed by atoms with Crippen LogP contribution in [-0.4, -0.2) is 27.9 Å². The third kappa shape index (κ3) is 2.96. The second-order valence-electron chi connectivity index (χ2n) is 5.09. The molecule has 0 unspecified atom stereocenters. The van der Waals surface area contributed by atoms with Crippen molar-refractivity contribution in [2.45, 2.75) is 26.9 Å². The quantitative estimate of drug-likeness (QED) is 0.894. The van der Waals surface area contributed by atoms with Gasteiger partial charge in [-0.05, 0) is 13.8 Å². The van der Waals surface area contributed by atoms with Crippen LogP contribution in [0.5, 0.6) is 0 Å². The molecule has 5 nitrogen and oxygen atoms in total. The fourth-order valence-electron chi connectivity index (χ4n) is 2.42. The zero-order valence-electron chi connectivity index (χ0n) is 11.3. The van der Waals surface area contributed by atoms with Gasteiger partial charge in [0.1, 0.15) is 5.82 Å². The number of anilines is 1. The van der Waals surface area contributed by atoms with E-state index in [0.29, 0.717) is 5.92 Å². The van der Waals surface area contributed by atoms with Crippen LogP contribution >= 0.6 is 11.3 Å². The summed E-state index contributed by atoms with van der Waals surface area (Å²) in [5.41, 5.74) is 2.22. The molecule has 0 saturated carbocycles. The first kappa shape index (κ1) is 12.6. The van der Waals surface area contributed by atoms with Crippen molar-refractivity contribution in [2.75, 3.05) is 18.4 Å². The minimum absolute atomic E-state index is 0.575. The lowest BCUT2D eigenvalue weighted by molar-refractivity contribution is 0.390. The molecule has 6 heteroatoms. The molecule has 0 bridgehead atoms. The summed E-state index contributed by atoms with van der Waals surface area (Å²) < 4.78 is 2.07. The lowest BCUT2D eigenvalue weighted by Gasteiger charge is -2.25. The fraction of sp³-hybridized carbons (Fsp3) is 0.538. The standard InChI is InChI=1S/C13H19N5S/c1-9-3-13-15-5-11(7-18(13)17-9)4-14-6-12-8-19-10(2)16-12/h3,8,11,14-15H,4-7H2,1-2H3/t11-/m1/s1. The first-order chi connectivity index (χ1) is 9.20. The summed E-state index contributed by atoms with van der Waals surface area (Å²) in [6.45, 7) is 7.91. The molecule has 3 rings (SSSR count). The van der Waals surface area contributed by atoms with Crippen LogP contribution in [0.25, 0.3) is 0 Å². The van der Waals surface area contributed by atoms with Crippen molar-refractivity contribution in [1.29, 1.82) is 0 Å². The monoisotopic (exact) mass is 277 g/mol. The second-order valence-corrected chi connectivity index (χ2v) is 6.15. The maximum Gasteiger partial charge on any atom is 0.124 e.